The molecule has 1 aromatic carbocycles. The first-order valence-corrected chi connectivity index (χ1v) is 10.7. The molecule has 134 valence electrons. The molecule has 0 aliphatic carbocycles. The Bertz CT molecular complexity index is 837. The van der Waals surface area contributed by atoms with Crippen molar-refractivity contribution in [2.75, 3.05) is 13.1 Å². The number of thiophene rings is 1. The van der Waals surface area contributed by atoms with Crippen LogP contribution in [0.3, 0.4) is 0 Å². The lowest BCUT2D eigenvalue weighted by molar-refractivity contribution is -0.126. The van der Waals surface area contributed by atoms with E-state index in [9.17, 15) is 13.2 Å². The second kappa shape index (κ2) is 7.86. The molecule has 5 nitrogen and oxygen atoms in total. The van der Waals surface area contributed by atoms with Gasteiger partial charge in [0.15, 0.2) is 0 Å². The molecule has 0 radical (unpaired) electrons. The number of benzene rings is 1. The maximum absolute atomic E-state index is 12.6. The largest absolute Gasteiger partial charge is 0.352 e. The molecule has 1 saturated heterocycles. The highest BCUT2D eigenvalue weighted by Gasteiger charge is 2.33. The van der Waals surface area contributed by atoms with Crippen molar-refractivity contribution in [3.8, 4) is 0 Å². The van der Waals surface area contributed by atoms with Gasteiger partial charge >= 0.3 is 0 Å². The fourth-order valence-electron chi connectivity index (χ4n) is 2.89. The first-order valence-electron chi connectivity index (χ1n) is 8.02. The quantitative estimate of drug-likeness (QED) is 0.841. The zero-order valence-corrected chi connectivity index (χ0v) is 15.9. The molecular weight excluding hydrogens is 380 g/mol. The molecule has 1 aromatic heterocycles. The molecule has 1 aliphatic heterocycles. The van der Waals surface area contributed by atoms with Gasteiger partial charge in [-0.2, -0.15) is 4.31 Å². The van der Waals surface area contributed by atoms with Gasteiger partial charge in [-0.1, -0.05) is 29.8 Å². The molecule has 0 saturated carbocycles. The van der Waals surface area contributed by atoms with Gasteiger partial charge in [0, 0.05) is 24.7 Å². The summed E-state index contributed by atoms with van der Waals surface area (Å²) in [4.78, 5) is 12.5. The minimum absolute atomic E-state index is 0.119. The third-order valence-corrected chi connectivity index (χ3v) is 7.67. The van der Waals surface area contributed by atoms with Crippen LogP contribution in [0.4, 0.5) is 0 Å². The van der Waals surface area contributed by atoms with Crippen LogP contribution in [0.15, 0.2) is 46.0 Å². The summed E-state index contributed by atoms with van der Waals surface area (Å²) in [6, 6.07) is 10.6. The third-order valence-electron chi connectivity index (χ3n) is 4.20. The van der Waals surface area contributed by atoms with Gasteiger partial charge in [-0.15, -0.1) is 11.3 Å². The highest BCUT2D eigenvalue weighted by atomic mass is 35.5. The topological polar surface area (TPSA) is 66.5 Å². The van der Waals surface area contributed by atoms with Crippen molar-refractivity contribution < 1.29 is 13.2 Å². The highest BCUT2D eigenvalue weighted by molar-refractivity contribution is 7.91. The molecule has 1 aliphatic rings. The summed E-state index contributed by atoms with van der Waals surface area (Å²) in [5.74, 6) is -0.450. The van der Waals surface area contributed by atoms with E-state index >= 15 is 0 Å². The van der Waals surface area contributed by atoms with Gasteiger partial charge in [-0.25, -0.2) is 8.42 Å². The molecule has 1 amide bonds. The number of hydrogen-bond donors (Lipinski definition) is 1. The fourth-order valence-corrected chi connectivity index (χ4v) is 5.77. The van der Waals surface area contributed by atoms with Crippen molar-refractivity contribution in [3.05, 3.63) is 52.4 Å². The molecule has 1 unspecified atom stereocenters. The van der Waals surface area contributed by atoms with Crippen molar-refractivity contribution in [2.45, 2.75) is 23.6 Å². The van der Waals surface area contributed by atoms with E-state index in [1.807, 2.05) is 12.1 Å². The first-order chi connectivity index (χ1) is 12.0. The van der Waals surface area contributed by atoms with Crippen molar-refractivity contribution in [3.63, 3.8) is 0 Å². The molecule has 1 atom stereocenters. The van der Waals surface area contributed by atoms with E-state index < -0.39 is 10.0 Å². The molecule has 1 fully saturated rings. The highest BCUT2D eigenvalue weighted by Crippen LogP contribution is 2.26. The maximum Gasteiger partial charge on any atom is 0.252 e. The monoisotopic (exact) mass is 398 g/mol. The summed E-state index contributed by atoms with van der Waals surface area (Å²) >= 11 is 7.14. The van der Waals surface area contributed by atoms with Gasteiger partial charge in [0.25, 0.3) is 10.0 Å². The summed E-state index contributed by atoms with van der Waals surface area (Å²) in [6.07, 6.45) is 1.37. The van der Waals surface area contributed by atoms with Crippen LogP contribution < -0.4 is 5.32 Å². The Morgan fingerprint density at radius 3 is 2.88 bits per heavy atom. The SMILES string of the molecule is O=C(NCc1cccc(Cl)c1)C1CCCN(S(=O)(=O)c2cccs2)C1. The summed E-state index contributed by atoms with van der Waals surface area (Å²) in [6.45, 7) is 1.06. The Labute approximate surface area is 156 Å². The molecule has 1 N–H and O–H groups in total. The van der Waals surface area contributed by atoms with Crippen molar-refractivity contribution in [1.82, 2.24) is 9.62 Å². The fraction of sp³-hybridized carbons (Fsp3) is 0.353. The Morgan fingerprint density at radius 1 is 1.32 bits per heavy atom. The predicted octanol–water partition coefficient (Wildman–Crippen LogP) is 3.12. The Hall–Kier alpha value is -1.41. The van der Waals surface area contributed by atoms with Crippen LogP contribution in [-0.2, 0) is 21.4 Å². The molecule has 8 heteroatoms. The minimum atomic E-state index is -3.50. The molecule has 25 heavy (non-hydrogen) atoms. The molecule has 2 aromatic rings. The second-order valence-corrected chi connectivity index (χ2v) is 9.53. The lowest BCUT2D eigenvalue weighted by atomic mass is 9.99. The van der Waals surface area contributed by atoms with Gasteiger partial charge in [0.05, 0.1) is 5.92 Å². The van der Waals surface area contributed by atoms with Crippen LogP contribution in [0.25, 0.3) is 0 Å². The van der Waals surface area contributed by atoms with E-state index in [0.717, 1.165) is 5.56 Å². The molecule has 2 heterocycles. The Kier molecular flexibility index (Phi) is 5.78. The number of sulfonamides is 1. The Morgan fingerprint density at radius 2 is 2.16 bits per heavy atom. The average Bonchev–Trinajstić information content (AvgIpc) is 3.15. The minimum Gasteiger partial charge on any atom is -0.352 e. The van der Waals surface area contributed by atoms with E-state index in [1.54, 1.807) is 29.6 Å². The molecule has 0 bridgehead atoms. The summed E-state index contributed by atoms with van der Waals surface area (Å²) in [5, 5.41) is 5.25. The van der Waals surface area contributed by atoms with Gasteiger partial charge in [0.2, 0.25) is 5.91 Å². The van der Waals surface area contributed by atoms with Crippen molar-refractivity contribution in [1.29, 1.82) is 0 Å². The number of piperidine rings is 1. The zero-order chi connectivity index (χ0) is 17.9. The van der Waals surface area contributed by atoms with E-state index in [1.165, 1.54) is 15.6 Å². The molecule has 3 rings (SSSR count). The van der Waals surface area contributed by atoms with Gasteiger partial charge in [-0.05, 0) is 42.0 Å². The maximum atomic E-state index is 12.6. The van der Waals surface area contributed by atoms with Crippen molar-refractivity contribution in [2.24, 2.45) is 5.92 Å². The van der Waals surface area contributed by atoms with Crippen molar-refractivity contribution >= 4 is 38.9 Å². The van der Waals surface area contributed by atoms with E-state index in [4.69, 9.17) is 11.6 Å². The van der Waals surface area contributed by atoms with Gasteiger partial charge < -0.3 is 5.32 Å². The average molecular weight is 399 g/mol. The van der Waals surface area contributed by atoms with Crippen LogP contribution in [0.5, 0.6) is 0 Å². The van der Waals surface area contributed by atoms with Crippen LogP contribution >= 0.6 is 22.9 Å². The number of hydrogen-bond acceptors (Lipinski definition) is 4. The molecule has 0 spiro atoms. The van der Waals surface area contributed by atoms with Gasteiger partial charge in [0.1, 0.15) is 4.21 Å². The summed E-state index contributed by atoms with van der Waals surface area (Å²) in [5.41, 5.74) is 0.916. The normalized spacial score (nSPS) is 18.8. The Balaban J connectivity index is 1.62. The van der Waals surface area contributed by atoms with Crippen LogP contribution in [0.1, 0.15) is 18.4 Å². The summed E-state index contributed by atoms with van der Waals surface area (Å²) < 4.78 is 27.0. The second-order valence-electron chi connectivity index (χ2n) is 5.98. The number of halogens is 1. The lowest BCUT2D eigenvalue weighted by Gasteiger charge is -2.30. The number of amides is 1. The van der Waals surface area contributed by atoms with E-state index in [2.05, 4.69) is 5.32 Å². The predicted molar refractivity (Wildman–Crippen MR) is 99.1 cm³/mol. The number of carbonyl (C=O) groups excluding carboxylic acids is 1. The van der Waals surface area contributed by atoms with Gasteiger partial charge in [-0.3, -0.25) is 4.79 Å². The number of carbonyl (C=O) groups is 1. The van der Waals surface area contributed by atoms with Crippen LogP contribution in [0.2, 0.25) is 5.02 Å². The van der Waals surface area contributed by atoms with E-state index in [-0.39, 0.29) is 18.4 Å². The standard InChI is InChI=1S/C17H19ClN2O3S2/c18-15-6-1-4-13(10-15)11-19-17(21)14-5-2-8-20(12-14)25(22,23)16-7-3-9-24-16/h1,3-4,6-7,9-10,14H,2,5,8,11-12H2,(H,19,21). The smallest absolute Gasteiger partial charge is 0.252 e. The number of nitrogens with zero attached hydrogens (tertiary/aromatic N) is 1. The zero-order valence-electron chi connectivity index (χ0n) is 13.5. The summed E-state index contributed by atoms with van der Waals surface area (Å²) in [7, 11) is -3.50. The van der Waals surface area contributed by atoms with Crippen LogP contribution in [-0.4, -0.2) is 31.7 Å². The molecular formula is C17H19ClN2O3S2. The number of nitrogens with one attached hydrogen (secondary N) is 1. The van der Waals surface area contributed by atoms with E-state index in [0.29, 0.717) is 35.2 Å². The first kappa shape index (κ1) is 18.4. The van der Waals surface area contributed by atoms with Crippen LogP contribution in [0, 0.1) is 5.92 Å². The number of rotatable bonds is 5. The lowest BCUT2D eigenvalue weighted by Crippen LogP contribution is -2.45. The third kappa shape index (κ3) is 4.41.